The van der Waals surface area contributed by atoms with Crippen molar-refractivity contribution in [2.24, 2.45) is 0 Å². The Morgan fingerprint density at radius 2 is 1.93 bits per heavy atom. The zero-order chi connectivity index (χ0) is 10.7. The lowest BCUT2D eigenvalue weighted by molar-refractivity contribution is 0.414. The van der Waals surface area contributed by atoms with Gasteiger partial charge >= 0.3 is 0 Å². The van der Waals surface area contributed by atoms with Crippen LogP contribution in [0.15, 0.2) is 18.2 Å². The molecular formula is C12H17ClO. The minimum atomic E-state index is 0.155. The summed E-state index contributed by atoms with van der Waals surface area (Å²) in [5.41, 5.74) is 2.54. The van der Waals surface area contributed by atoms with Crippen LogP contribution in [-0.4, -0.2) is 12.5 Å². The van der Waals surface area contributed by atoms with Crippen molar-refractivity contribution in [3.8, 4) is 5.75 Å². The summed E-state index contributed by atoms with van der Waals surface area (Å²) in [6, 6.07) is 6.13. The summed E-state index contributed by atoms with van der Waals surface area (Å²) >= 11 is 6.08. The molecule has 0 aliphatic carbocycles. The Balaban J connectivity index is 2.99. The van der Waals surface area contributed by atoms with Gasteiger partial charge in [-0.1, -0.05) is 13.0 Å². The molecule has 2 unspecified atom stereocenters. The Kier molecular flexibility index (Phi) is 3.82. The van der Waals surface area contributed by atoms with Crippen LogP contribution in [0.1, 0.15) is 30.9 Å². The van der Waals surface area contributed by atoms with Gasteiger partial charge in [-0.25, -0.2) is 0 Å². The van der Waals surface area contributed by atoms with Crippen molar-refractivity contribution in [2.75, 3.05) is 7.11 Å². The number of aryl methyl sites for hydroxylation is 1. The van der Waals surface area contributed by atoms with E-state index in [1.165, 1.54) is 11.1 Å². The van der Waals surface area contributed by atoms with Crippen LogP contribution in [0.2, 0.25) is 0 Å². The molecule has 1 aromatic carbocycles. The summed E-state index contributed by atoms with van der Waals surface area (Å²) in [6.07, 6.45) is 0. The number of hydrogen-bond donors (Lipinski definition) is 0. The first-order valence-corrected chi connectivity index (χ1v) is 5.28. The zero-order valence-electron chi connectivity index (χ0n) is 9.17. The fraction of sp³-hybridized carbons (Fsp3) is 0.500. The molecule has 0 aliphatic rings. The van der Waals surface area contributed by atoms with Crippen LogP contribution in [0.4, 0.5) is 0 Å². The van der Waals surface area contributed by atoms with E-state index in [1.807, 2.05) is 19.1 Å². The molecule has 2 heteroatoms. The number of benzene rings is 1. The smallest absolute Gasteiger partial charge is 0.119 e. The van der Waals surface area contributed by atoms with Gasteiger partial charge in [0.05, 0.1) is 7.11 Å². The van der Waals surface area contributed by atoms with Crippen molar-refractivity contribution < 1.29 is 4.74 Å². The second-order valence-corrected chi connectivity index (χ2v) is 4.38. The molecule has 0 bridgehead atoms. The number of alkyl halides is 1. The minimum absolute atomic E-state index is 0.155. The van der Waals surface area contributed by atoms with Crippen LogP contribution >= 0.6 is 11.6 Å². The number of halogens is 1. The van der Waals surface area contributed by atoms with Crippen LogP contribution in [0.5, 0.6) is 5.75 Å². The summed E-state index contributed by atoms with van der Waals surface area (Å²) in [5.74, 6) is 1.28. The molecule has 0 radical (unpaired) electrons. The quantitative estimate of drug-likeness (QED) is 0.694. The van der Waals surface area contributed by atoms with Crippen molar-refractivity contribution in [1.82, 2.24) is 0 Å². The highest BCUT2D eigenvalue weighted by atomic mass is 35.5. The second-order valence-electron chi connectivity index (χ2n) is 3.69. The summed E-state index contributed by atoms with van der Waals surface area (Å²) in [4.78, 5) is 0. The predicted molar refractivity (Wildman–Crippen MR) is 61.5 cm³/mol. The van der Waals surface area contributed by atoms with Crippen molar-refractivity contribution in [2.45, 2.75) is 32.1 Å². The van der Waals surface area contributed by atoms with E-state index in [4.69, 9.17) is 16.3 Å². The standard InChI is InChI=1S/C12H17ClO/c1-8-7-11(14-4)5-6-12(8)9(2)10(3)13/h5-7,9-10H,1-4H3. The summed E-state index contributed by atoms with van der Waals surface area (Å²) < 4.78 is 5.16. The lowest BCUT2D eigenvalue weighted by Crippen LogP contribution is -2.06. The molecule has 14 heavy (non-hydrogen) atoms. The molecule has 0 aromatic heterocycles. The Hall–Kier alpha value is -0.690. The third-order valence-corrected chi connectivity index (χ3v) is 3.03. The maximum atomic E-state index is 6.08. The Labute approximate surface area is 91.0 Å². The molecular weight excluding hydrogens is 196 g/mol. The molecule has 0 spiro atoms. The monoisotopic (exact) mass is 212 g/mol. The predicted octanol–water partition coefficient (Wildman–Crippen LogP) is 3.73. The highest BCUT2D eigenvalue weighted by molar-refractivity contribution is 6.20. The highest BCUT2D eigenvalue weighted by Gasteiger charge is 2.13. The average molecular weight is 213 g/mol. The van der Waals surface area contributed by atoms with Gasteiger partial charge in [0.25, 0.3) is 0 Å². The highest BCUT2D eigenvalue weighted by Crippen LogP contribution is 2.28. The second kappa shape index (κ2) is 4.70. The summed E-state index contributed by atoms with van der Waals surface area (Å²) in [5, 5.41) is 0.155. The van der Waals surface area contributed by atoms with Gasteiger partial charge in [0.15, 0.2) is 0 Å². The molecule has 0 heterocycles. The summed E-state index contributed by atoms with van der Waals surface area (Å²) in [7, 11) is 1.68. The van der Waals surface area contributed by atoms with E-state index in [9.17, 15) is 0 Å². The summed E-state index contributed by atoms with van der Waals surface area (Å²) in [6.45, 7) is 6.26. The van der Waals surface area contributed by atoms with Crippen LogP contribution in [0.25, 0.3) is 0 Å². The van der Waals surface area contributed by atoms with Crippen LogP contribution in [0.3, 0.4) is 0 Å². The van der Waals surface area contributed by atoms with Gasteiger partial charge in [0.2, 0.25) is 0 Å². The Bertz CT molecular complexity index is 307. The number of rotatable bonds is 3. The van der Waals surface area contributed by atoms with E-state index in [0.717, 1.165) is 5.75 Å². The fourth-order valence-electron chi connectivity index (χ4n) is 1.53. The van der Waals surface area contributed by atoms with Crippen LogP contribution in [0, 0.1) is 6.92 Å². The number of methoxy groups -OCH3 is 1. The first-order valence-electron chi connectivity index (χ1n) is 4.85. The maximum absolute atomic E-state index is 6.08. The SMILES string of the molecule is COc1ccc(C(C)C(C)Cl)c(C)c1. The van der Waals surface area contributed by atoms with Crippen LogP contribution < -0.4 is 4.74 Å². The van der Waals surface area contributed by atoms with Crippen molar-refractivity contribution in [1.29, 1.82) is 0 Å². The third-order valence-electron chi connectivity index (χ3n) is 2.66. The largest absolute Gasteiger partial charge is 0.497 e. The molecule has 1 aromatic rings. The number of hydrogen-bond acceptors (Lipinski definition) is 1. The van der Waals surface area contributed by atoms with E-state index in [0.29, 0.717) is 5.92 Å². The lowest BCUT2D eigenvalue weighted by atomic mass is 9.94. The Morgan fingerprint density at radius 3 is 2.36 bits per heavy atom. The van der Waals surface area contributed by atoms with Gasteiger partial charge in [0.1, 0.15) is 5.75 Å². The first-order chi connectivity index (χ1) is 6.56. The molecule has 2 atom stereocenters. The average Bonchev–Trinajstić information content (AvgIpc) is 2.16. The fourth-order valence-corrected chi connectivity index (χ4v) is 1.67. The maximum Gasteiger partial charge on any atom is 0.119 e. The van der Waals surface area contributed by atoms with Gasteiger partial charge in [-0.2, -0.15) is 0 Å². The lowest BCUT2D eigenvalue weighted by Gasteiger charge is -2.17. The van der Waals surface area contributed by atoms with Crippen molar-refractivity contribution >= 4 is 11.6 Å². The molecule has 0 amide bonds. The third kappa shape index (κ3) is 2.42. The molecule has 0 saturated heterocycles. The first kappa shape index (κ1) is 11.4. The Morgan fingerprint density at radius 1 is 1.29 bits per heavy atom. The van der Waals surface area contributed by atoms with E-state index in [-0.39, 0.29) is 5.38 Å². The number of ether oxygens (including phenoxy) is 1. The van der Waals surface area contributed by atoms with E-state index < -0.39 is 0 Å². The topological polar surface area (TPSA) is 9.23 Å². The van der Waals surface area contributed by atoms with Crippen LogP contribution in [-0.2, 0) is 0 Å². The van der Waals surface area contributed by atoms with Crippen molar-refractivity contribution in [3.63, 3.8) is 0 Å². The van der Waals surface area contributed by atoms with Gasteiger partial charge in [-0.15, -0.1) is 11.6 Å². The molecule has 0 N–H and O–H groups in total. The van der Waals surface area contributed by atoms with E-state index in [1.54, 1.807) is 7.11 Å². The van der Waals surface area contributed by atoms with Gasteiger partial charge in [-0.05, 0) is 43.0 Å². The van der Waals surface area contributed by atoms with Gasteiger partial charge in [0, 0.05) is 5.38 Å². The normalized spacial score (nSPS) is 14.9. The molecule has 1 nitrogen and oxygen atoms in total. The van der Waals surface area contributed by atoms with Gasteiger partial charge < -0.3 is 4.74 Å². The van der Waals surface area contributed by atoms with Crippen molar-refractivity contribution in [3.05, 3.63) is 29.3 Å². The molecule has 0 fully saturated rings. The van der Waals surface area contributed by atoms with E-state index in [2.05, 4.69) is 19.9 Å². The minimum Gasteiger partial charge on any atom is -0.497 e. The van der Waals surface area contributed by atoms with E-state index >= 15 is 0 Å². The van der Waals surface area contributed by atoms with Gasteiger partial charge in [-0.3, -0.25) is 0 Å². The molecule has 1 rings (SSSR count). The molecule has 0 aliphatic heterocycles. The molecule has 0 saturated carbocycles. The molecule has 78 valence electrons. The zero-order valence-corrected chi connectivity index (χ0v) is 9.93.